The molecule has 0 aliphatic rings. The number of nitrogens with one attached hydrogen (secondary N) is 1. The standard InChI is InChI=1S/C17H17FN2O3S/c1-11-3-5-14(6-4-11)24-8-7-19-17(21)13-9-15(18)12(2)16(10-13)20(22)23/h3-6,9-10H,7-8H2,1-2H3,(H,19,21). The SMILES string of the molecule is Cc1ccc(SCCNC(=O)c2cc(F)c(C)c([N+](=O)[O-])c2)cc1. The van der Waals surface area contributed by atoms with Gasteiger partial charge in [-0.2, -0.15) is 0 Å². The summed E-state index contributed by atoms with van der Waals surface area (Å²) in [6, 6.07) is 10.1. The Morgan fingerprint density at radius 2 is 1.92 bits per heavy atom. The number of amides is 1. The number of halogens is 1. The Morgan fingerprint density at radius 1 is 1.25 bits per heavy atom. The number of rotatable bonds is 6. The van der Waals surface area contributed by atoms with Crippen LogP contribution in [0, 0.1) is 29.8 Å². The number of benzene rings is 2. The van der Waals surface area contributed by atoms with Gasteiger partial charge < -0.3 is 5.32 Å². The fraction of sp³-hybridized carbons (Fsp3) is 0.235. The minimum atomic E-state index is -0.761. The summed E-state index contributed by atoms with van der Waals surface area (Å²) in [5.41, 5.74) is 0.654. The van der Waals surface area contributed by atoms with Crippen molar-refractivity contribution in [1.29, 1.82) is 0 Å². The first-order valence-electron chi connectivity index (χ1n) is 7.30. The number of nitro benzene ring substituents is 1. The van der Waals surface area contributed by atoms with E-state index in [2.05, 4.69) is 5.32 Å². The second-order valence-electron chi connectivity index (χ2n) is 5.28. The predicted molar refractivity (Wildman–Crippen MR) is 92.0 cm³/mol. The highest BCUT2D eigenvalue weighted by Gasteiger charge is 2.19. The molecule has 0 aliphatic heterocycles. The average molecular weight is 348 g/mol. The van der Waals surface area contributed by atoms with Crippen molar-refractivity contribution in [2.75, 3.05) is 12.3 Å². The van der Waals surface area contributed by atoms with Crippen LogP contribution in [0.15, 0.2) is 41.3 Å². The maximum Gasteiger partial charge on any atom is 0.276 e. The third-order valence-corrected chi connectivity index (χ3v) is 4.47. The van der Waals surface area contributed by atoms with Gasteiger partial charge in [-0.15, -0.1) is 11.8 Å². The highest BCUT2D eigenvalue weighted by Crippen LogP contribution is 2.23. The van der Waals surface area contributed by atoms with Crippen LogP contribution in [0.1, 0.15) is 21.5 Å². The number of thioether (sulfide) groups is 1. The lowest BCUT2D eigenvalue weighted by atomic mass is 10.1. The lowest BCUT2D eigenvalue weighted by Gasteiger charge is -2.07. The normalized spacial score (nSPS) is 10.5. The third-order valence-electron chi connectivity index (χ3n) is 3.45. The zero-order valence-electron chi connectivity index (χ0n) is 13.3. The average Bonchev–Trinajstić information content (AvgIpc) is 2.55. The van der Waals surface area contributed by atoms with E-state index in [4.69, 9.17) is 0 Å². The molecule has 0 saturated heterocycles. The van der Waals surface area contributed by atoms with Crippen molar-refractivity contribution in [2.24, 2.45) is 0 Å². The summed E-state index contributed by atoms with van der Waals surface area (Å²) < 4.78 is 13.7. The van der Waals surface area contributed by atoms with Crippen LogP contribution >= 0.6 is 11.8 Å². The zero-order valence-corrected chi connectivity index (χ0v) is 14.2. The van der Waals surface area contributed by atoms with E-state index >= 15 is 0 Å². The largest absolute Gasteiger partial charge is 0.351 e. The molecule has 0 aliphatic carbocycles. The molecule has 0 unspecified atom stereocenters. The maximum absolute atomic E-state index is 13.7. The Morgan fingerprint density at radius 3 is 2.54 bits per heavy atom. The minimum absolute atomic E-state index is 0.0508. The number of carbonyl (C=O) groups excluding carboxylic acids is 1. The van der Waals surface area contributed by atoms with Gasteiger partial charge in [-0.3, -0.25) is 14.9 Å². The molecule has 7 heteroatoms. The number of hydrogen-bond acceptors (Lipinski definition) is 4. The second-order valence-corrected chi connectivity index (χ2v) is 6.45. The molecule has 1 N–H and O–H groups in total. The van der Waals surface area contributed by atoms with E-state index in [0.29, 0.717) is 12.3 Å². The molecule has 2 aromatic rings. The molecule has 24 heavy (non-hydrogen) atoms. The number of aryl methyl sites for hydroxylation is 1. The summed E-state index contributed by atoms with van der Waals surface area (Å²) in [6.45, 7) is 3.70. The van der Waals surface area contributed by atoms with Crippen molar-refractivity contribution in [3.05, 3.63) is 69.0 Å². The monoisotopic (exact) mass is 348 g/mol. The summed E-state index contributed by atoms with van der Waals surface area (Å²) in [4.78, 5) is 23.3. The molecule has 0 spiro atoms. The quantitative estimate of drug-likeness (QED) is 0.372. The van der Waals surface area contributed by atoms with Gasteiger partial charge in [-0.05, 0) is 32.0 Å². The second kappa shape index (κ2) is 7.92. The van der Waals surface area contributed by atoms with Crippen molar-refractivity contribution in [1.82, 2.24) is 5.32 Å². The van der Waals surface area contributed by atoms with Gasteiger partial charge in [0.05, 0.1) is 10.5 Å². The molecule has 2 aromatic carbocycles. The highest BCUT2D eigenvalue weighted by atomic mass is 32.2. The van der Waals surface area contributed by atoms with Gasteiger partial charge in [-0.25, -0.2) is 4.39 Å². The van der Waals surface area contributed by atoms with Crippen molar-refractivity contribution in [2.45, 2.75) is 18.7 Å². The molecule has 0 bridgehead atoms. The molecule has 0 heterocycles. The fourth-order valence-corrected chi connectivity index (χ4v) is 2.82. The Bertz CT molecular complexity index is 763. The van der Waals surface area contributed by atoms with Crippen LogP contribution in [0.5, 0.6) is 0 Å². The molecule has 126 valence electrons. The van der Waals surface area contributed by atoms with E-state index in [9.17, 15) is 19.3 Å². The first-order chi connectivity index (χ1) is 11.4. The molecule has 2 rings (SSSR count). The first-order valence-corrected chi connectivity index (χ1v) is 8.29. The van der Waals surface area contributed by atoms with Gasteiger partial charge in [0.25, 0.3) is 11.6 Å². The minimum Gasteiger partial charge on any atom is -0.351 e. The van der Waals surface area contributed by atoms with E-state index in [1.54, 1.807) is 11.8 Å². The highest BCUT2D eigenvalue weighted by molar-refractivity contribution is 7.99. The van der Waals surface area contributed by atoms with Gasteiger partial charge in [0.15, 0.2) is 0 Å². The van der Waals surface area contributed by atoms with Gasteiger partial charge >= 0.3 is 0 Å². The van der Waals surface area contributed by atoms with Crippen molar-refractivity contribution < 1.29 is 14.1 Å². The third kappa shape index (κ3) is 4.55. The Balaban J connectivity index is 1.93. The van der Waals surface area contributed by atoms with Gasteiger partial charge in [0, 0.05) is 28.8 Å². The predicted octanol–water partition coefficient (Wildman–Crippen LogP) is 3.87. The Labute approximate surface area is 143 Å². The molecule has 0 fully saturated rings. The van der Waals surface area contributed by atoms with Crippen molar-refractivity contribution in [3.63, 3.8) is 0 Å². The van der Waals surface area contributed by atoms with E-state index in [0.717, 1.165) is 17.0 Å². The summed E-state index contributed by atoms with van der Waals surface area (Å²) >= 11 is 1.58. The first kappa shape index (κ1) is 17.9. The van der Waals surface area contributed by atoms with Gasteiger partial charge in [0.1, 0.15) is 5.82 Å². The Hall–Kier alpha value is -2.41. The number of hydrogen-bond donors (Lipinski definition) is 1. The number of nitrogens with zero attached hydrogens (tertiary/aromatic N) is 1. The summed E-state index contributed by atoms with van der Waals surface area (Å²) in [5, 5.41) is 13.5. The molecule has 0 atom stereocenters. The maximum atomic E-state index is 13.7. The molecule has 0 radical (unpaired) electrons. The lowest BCUT2D eigenvalue weighted by Crippen LogP contribution is -2.26. The van der Waals surface area contributed by atoms with E-state index in [1.807, 2.05) is 31.2 Å². The lowest BCUT2D eigenvalue weighted by molar-refractivity contribution is -0.385. The summed E-state index contributed by atoms with van der Waals surface area (Å²) in [7, 11) is 0. The number of nitro groups is 1. The van der Waals surface area contributed by atoms with E-state index in [-0.39, 0.29) is 11.1 Å². The van der Waals surface area contributed by atoms with Gasteiger partial charge in [0.2, 0.25) is 0 Å². The van der Waals surface area contributed by atoms with Crippen molar-refractivity contribution >= 4 is 23.4 Å². The van der Waals surface area contributed by atoms with Crippen LogP contribution in [0.3, 0.4) is 0 Å². The molecular formula is C17H17FN2O3S. The van der Waals surface area contributed by atoms with E-state index < -0.39 is 22.3 Å². The van der Waals surface area contributed by atoms with Crippen LogP contribution in [0.25, 0.3) is 0 Å². The molecule has 1 amide bonds. The zero-order chi connectivity index (χ0) is 17.7. The summed E-state index contributed by atoms with van der Waals surface area (Å²) in [5.74, 6) is -0.643. The molecular weight excluding hydrogens is 331 g/mol. The molecule has 0 aromatic heterocycles. The van der Waals surface area contributed by atoms with Crippen LogP contribution in [-0.2, 0) is 0 Å². The van der Waals surface area contributed by atoms with Crippen LogP contribution in [0.4, 0.5) is 10.1 Å². The van der Waals surface area contributed by atoms with Crippen LogP contribution in [0.2, 0.25) is 0 Å². The Kier molecular flexibility index (Phi) is 5.92. The smallest absolute Gasteiger partial charge is 0.276 e. The number of carbonyl (C=O) groups is 1. The fourth-order valence-electron chi connectivity index (χ4n) is 2.06. The van der Waals surface area contributed by atoms with Crippen molar-refractivity contribution in [3.8, 4) is 0 Å². The summed E-state index contributed by atoms with van der Waals surface area (Å²) in [6.07, 6.45) is 0. The van der Waals surface area contributed by atoms with Crippen LogP contribution in [-0.4, -0.2) is 23.1 Å². The molecule has 0 saturated carbocycles. The van der Waals surface area contributed by atoms with E-state index in [1.165, 1.54) is 12.5 Å². The van der Waals surface area contributed by atoms with Crippen LogP contribution < -0.4 is 5.32 Å². The topological polar surface area (TPSA) is 72.2 Å². The van der Waals surface area contributed by atoms with Gasteiger partial charge in [-0.1, -0.05) is 17.7 Å². The molecule has 5 nitrogen and oxygen atoms in total.